The number of aromatic hydroxyl groups is 1. The number of phenolic OH excluding ortho intramolecular Hbond substituents is 1. The van der Waals surface area contributed by atoms with Crippen molar-refractivity contribution in [3.63, 3.8) is 0 Å². The predicted molar refractivity (Wildman–Crippen MR) is 65.6 cm³/mol. The number of hydrogen-bond acceptors (Lipinski definition) is 1. The molecule has 0 aliphatic rings. The molecule has 0 bridgehead atoms. The van der Waals surface area contributed by atoms with Crippen molar-refractivity contribution in [3.8, 4) is 5.75 Å². The van der Waals surface area contributed by atoms with Crippen LogP contribution in [-0.4, -0.2) is 5.11 Å². The van der Waals surface area contributed by atoms with Gasteiger partial charge in [-0.2, -0.15) is 0 Å². The van der Waals surface area contributed by atoms with Crippen LogP contribution in [0.1, 0.15) is 62.6 Å². The molecule has 1 unspecified atom stereocenters. The van der Waals surface area contributed by atoms with Gasteiger partial charge in [-0.15, -0.1) is 0 Å². The van der Waals surface area contributed by atoms with Crippen molar-refractivity contribution in [2.45, 2.75) is 52.9 Å². The largest absolute Gasteiger partial charge is 0.507 e. The zero-order valence-electron chi connectivity index (χ0n) is 10.5. The first-order valence-corrected chi connectivity index (χ1v) is 5.80. The fourth-order valence-electron chi connectivity index (χ4n) is 1.87. The number of hydrogen-bond donors (Lipinski definition) is 1. The van der Waals surface area contributed by atoms with Crippen molar-refractivity contribution in [2.75, 3.05) is 0 Å². The lowest BCUT2D eigenvalue weighted by molar-refractivity contribution is 0.451. The summed E-state index contributed by atoms with van der Waals surface area (Å²) in [4.78, 5) is 0. The van der Waals surface area contributed by atoms with Crippen LogP contribution in [-0.2, 0) is 0 Å². The van der Waals surface area contributed by atoms with Gasteiger partial charge in [-0.05, 0) is 36.3 Å². The highest BCUT2D eigenvalue weighted by atomic mass is 16.3. The second-order valence-electron chi connectivity index (χ2n) is 4.76. The van der Waals surface area contributed by atoms with Crippen LogP contribution in [0, 0.1) is 6.92 Å². The maximum absolute atomic E-state index is 10.2. The van der Waals surface area contributed by atoms with Crippen LogP contribution < -0.4 is 0 Å². The topological polar surface area (TPSA) is 20.2 Å². The summed E-state index contributed by atoms with van der Waals surface area (Å²) in [6.45, 7) is 10.7. The number of rotatable bonds is 3. The number of phenols is 1. The minimum Gasteiger partial charge on any atom is -0.507 e. The SMILES string of the molecule is CCC(C)c1cc(C)cc(C(C)C)c1O. The molecule has 0 spiro atoms. The zero-order valence-corrected chi connectivity index (χ0v) is 10.5. The lowest BCUT2D eigenvalue weighted by Gasteiger charge is -2.17. The van der Waals surface area contributed by atoms with E-state index in [4.69, 9.17) is 0 Å². The maximum Gasteiger partial charge on any atom is 0.122 e. The van der Waals surface area contributed by atoms with E-state index in [9.17, 15) is 5.11 Å². The fraction of sp³-hybridized carbons (Fsp3) is 0.571. The van der Waals surface area contributed by atoms with E-state index in [0.717, 1.165) is 17.5 Å². The molecule has 0 radical (unpaired) electrons. The standard InChI is InChI=1S/C14H22O/c1-6-11(5)13-8-10(4)7-12(9(2)3)14(13)15/h7-9,11,15H,6H2,1-5H3. The monoisotopic (exact) mass is 206 g/mol. The van der Waals surface area contributed by atoms with Crippen molar-refractivity contribution in [1.29, 1.82) is 0 Å². The van der Waals surface area contributed by atoms with E-state index in [1.165, 1.54) is 5.56 Å². The van der Waals surface area contributed by atoms with Crippen molar-refractivity contribution in [1.82, 2.24) is 0 Å². The van der Waals surface area contributed by atoms with E-state index in [2.05, 4.69) is 46.8 Å². The highest BCUT2D eigenvalue weighted by molar-refractivity contribution is 5.46. The van der Waals surface area contributed by atoms with Gasteiger partial charge in [-0.25, -0.2) is 0 Å². The van der Waals surface area contributed by atoms with Crippen molar-refractivity contribution < 1.29 is 5.11 Å². The molecule has 1 nitrogen and oxygen atoms in total. The van der Waals surface area contributed by atoms with E-state index in [1.807, 2.05) is 0 Å². The molecule has 0 saturated carbocycles. The Kier molecular flexibility index (Phi) is 3.78. The maximum atomic E-state index is 10.2. The van der Waals surface area contributed by atoms with Gasteiger partial charge in [-0.3, -0.25) is 0 Å². The summed E-state index contributed by atoms with van der Waals surface area (Å²) in [5, 5.41) is 10.2. The first kappa shape index (κ1) is 12.1. The predicted octanol–water partition coefficient (Wildman–Crippen LogP) is 4.34. The quantitative estimate of drug-likeness (QED) is 0.780. The van der Waals surface area contributed by atoms with Crippen LogP contribution in [0.4, 0.5) is 0 Å². The van der Waals surface area contributed by atoms with Crippen LogP contribution in [0.25, 0.3) is 0 Å². The van der Waals surface area contributed by atoms with Crippen LogP contribution in [0.3, 0.4) is 0 Å². The third-order valence-electron chi connectivity index (χ3n) is 3.08. The van der Waals surface area contributed by atoms with Crippen molar-refractivity contribution >= 4 is 0 Å². The van der Waals surface area contributed by atoms with Gasteiger partial charge in [0.2, 0.25) is 0 Å². The molecule has 1 atom stereocenters. The van der Waals surface area contributed by atoms with E-state index in [0.29, 0.717) is 17.6 Å². The van der Waals surface area contributed by atoms with Crippen molar-refractivity contribution in [3.05, 3.63) is 28.8 Å². The van der Waals surface area contributed by atoms with Crippen LogP contribution in [0.5, 0.6) is 5.75 Å². The van der Waals surface area contributed by atoms with E-state index in [1.54, 1.807) is 0 Å². The molecular weight excluding hydrogens is 184 g/mol. The molecule has 1 N–H and O–H groups in total. The van der Waals surface area contributed by atoms with Gasteiger partial charge < -0.3 is 5.11 Å². The molecule has 1 heteroatoms. The molecule has 1 aromatic carbocycles. The van der Waals surface area contributed by atoms with E-state index in [-0.39, 0.29) is 0 Å². The minimum absolute atomic E-state index is 0.382. The Morgan fingerprint density at radius 3 is 2.13 bits per heavy atom. The highest BCUT2D eigenvalue weighted by Crippen LogP contribution is 2.35. The first-order chi connectivity index (χ1) is 6.97. The van der Waals surface area contributed by atoms with Crippen LogP contribution >= 0.6 is 0 Å². The number of benzene rings is 1. The summed E-state index contributed by atoms with van der Waals surface area (Å²) in [6, 6.07) is 4.20. The molecule has 15 heavy (non-hydrogen) atoms. The third-order valence-corrected chi connectivity index (χ3v) is 3.08. The second kappa shape index (κ2) is 4.69. The number of aryl methyl sites for hydroxylation is 1. The highest BCUT2D eigenvalue weighted by Gasteiger charge is 2.14. The summed E-state index contributed by atoms with van der Waals surface area (Å²) in [7, 11) is 0. The fourth-order valence-corrected chi connectivity index (χ4v) is 1.87. The van der Waals surface area contributed by atoms with Gasteiger partial charge in [0.1, 0.15) is 5.75 Å². The second-order valence-corrected chi connectivity index (χ2v) is 4.76. The zero-order chi connectivity index (χ0) is 11.6. The van der Waals surface area contributed by atoms with Crippen molar-refractivity contribution in [2.24, 2.45) is 0 Å². The Morgan fingerprint density at radius 1 is 1.13 bits per heavy atom. The first-order valence-electron chi connectivity index (χ1n) is 5.80. The molecule has 0 aliphatic heterocycles. The minimum atomic E-state index is 0.382. The Balaban J connectivity index is 3.28. The Bertz CT molecular complexity index is 339. The molecule has 0 amide bonds. The summed E-state index contributed by atoms with van der Waals surface area (Å²) < 4.78 is 0. The molecular formula is C14H22O. The molecule has 1 rings (SSSR count). The van der Waals surface area contributed by atoms with E-state index < -0.39 is 0 Å². The lowest BCUT2D eigenvalue weighted by Crippen LogP contribution is -1.98. The van der Waals surface area contributed by atoms with Gasteiger partial charge in [-0.1, -0.05) is 45.4 Å². The normalized spacial score (nSPS) is 13.2. The Hall–Kier alpha value is -0.980. The van der Waals surface area contributed by atoms with Gasteiger partial charge in [0.05, 0.1) is 0 Å². The van der Waals surface area contributed by atoms with Crippen LogP contribution in [0.15, 0.2) is 12.1 Å². The average molecular weight is 206 g/mol. The molecule has 0 aromatic heterocycles. The molecule has 84 valence electrons. The van der Waals surface area contributed by atoms with E-state index >= 15 is 0 Å². The lowest BCUT2D eigenvalue weighted by atomic mass is 9.90. The summed E-state index contributed by atoms with van der Waals surface area (Å²) in [5.41, 5.74) is 3.42. The average Bonchev–Trinajstić information content (AvgIpc) is 2.19. The van der Waals surface area contributed by atoms with Crippen LogP contribution in [0.2, 0.25) is 0 Å². The van der Waals surface area contributed by atoms with Gasteiger partial charge in [0.25, 0.3) is 0 Å². The molecule has 1 aromatic rings. The molecule has 0 aliphatic carbocycles. The molecule has 0 saturated heterocycles. The third kappa shape index (κ3) is 2.53. The summed E-state index contributed by atoms with van der Waals surface area (Å²) >= 11 is 0. The Morgan fingerprint density at radius 2 is 1.67 bits per heavy atom. The molecule has 0 heterocycles. The van der Waals surface area contributed by atoms with Gasteiger partial charge >= 0.3 is 0 Å². The van der Waals surface area contributed by atoms with Gasteiger partial charge in [0, 0.05) is 0 Å². The molecule has 0 fully saturated rings. The summed E-state index contributed by atoms with van der Waals surface area (Å²) in [5.74, 6) is 1.32. The Labute approximate surface area is 93.1 Å². The smallest absolute Gasteiger partial charge is 0.122 e. The summed E-state index contributed by atoms with van der Waals surface area (Å²) in [6.07, 6.45) is 1.06. The van der Waals surface area contributed by atoms with Gasteiger partial charge in [0.15, 0.2) is 0 Å².